The largest absolute Gasteiger partial charge is 0.509 e. The van der Waals surface area contributed by atoms with Crippen LogP contribution in [0.4, 0.5) is 19.5 Å². The Bertz CT molecular complexity index is 1160. The monoisotopic (exact) mass is 564 g/mol. The van der Waals surface area contributed by atoms with E-state index in [0.29, 0.717) is 10.8 Å². The van der Waals surface area contributed by atoms with E-state index >= 15 is 0 Å². The molecule has 1 aromatic carbocycles. The van der Waals surface area contributed by atoms with Crippen LogP contribution in [0, 0.1) is 6.92 Å². The highest BCUT2D eigenvalue weighted by atomic mass is 32.1. The predicted molar refractivity (Wildman–Crippen MR) is 143 cm³/mol. The maximum Gasteiger partial charge on any atom is 0.509 e. The lowest BCUT2D eigenvalue weighted by Crippen LogP contribution is -2.45. The number of benzene rings is 1. The van der Waals surface area contributed by atoms with E-state index in [1.807, 2.05) is 12.1 Å². The van der Waals surface area contributed by atoms with Gasteiger partial charge in [-0.3, -0.25) is 10.2 Å². The van der Waals surface area contributed by atoms with E-state index < -0.39 is 47.8 Å². The third-order valence-electron chi connectivity index (χ3n) is 5.37. The molecule has 0 bridgehead atoms. The molecule has 3 rings (SSSR count). The van der Waals surface area contributed by atoms with Gasteiger partial charge in [0.2, 0.25) is 5.13 Å². The molecule has 0 radical (unpaired) electrons. The van der Waals surface area contributed by atoms with Crippen molar-refractivity contribution in [1.29, 1.82) is 0 Å². The van der Waals surface area contributed by atoms with Gasteiger partial charge in [0.05, 0.1) is 19.7 Å². The Hall–Kier alpha value is -3.61. The van der Waals surface area contributed by atoms with Crippen LogP contribution in [0.2, 0.25) is 0 Å². The molecule has 0 unspecified atom stereocenters. The maximum absolute atomic E-state index is 13.3. The van der Waals surface area contributed by atoms with Gasteiger partial charge in [0.15, 0.2) is 12.2 Å². The van der Waals surface area contributed by atoms with E-state index in [-0.39, 0.29) is 18.1 Å². The van der Waals surface area contributed by atoms with Crippen LogP contribution >= 0.6 is 11.3 Å². The van der Waals surface area contributed by atoms with Crippen molar-refractivity contribution in [2.45, 2.75) is 84.3 Å². The van der Waals surface area contributed by atoms with Gasteiger partial charge in [0.1, 0.15) is 22.0 Å². The Kier molecular flexibility index (Phi) is 9.26. The van der Waals surface area contributed by atoms with Gasteiger partial charge in [-0.05, 0) is 72.6 Å². The normalized spacial score (nSPS) is 19.3. The lowest BCUT2D eigenvalue weighted by Gasteiger charge is -2.30. The fourth-order valence-electron chi connectivity index (χ4n) is 3.86. The molecule has 3 atom stereocenters. The standard InChI is InChI=1S/C26H36N4O8S/c1-15-28-29-21(39-15)27-22(31)36-20-18(13-16-9-11-17(34-8)12-10-16)30(23(32)37-25(2,3)4)14-19(20)35-24(33)38-26(5,6)7/h9-12,18-20H,13-14H2,1-8H3,(H,27,29,31)/t18-,19+,20+/m1/s1. The van der Waals surface area contributed by atoms with E-state index in [2.05, 4.69) is 15.5 Å². The van der Waals surface area contributed by atoms with Crippen LogP contribution in [0.5, 0.6) is 5.75 Å². The first-order valence-corrected chi connectivity index (χ1v) is 13.2. The molecule has 0 aliphatic carbocycles. The SMILES string of the molecule is COc1ccc(C[C@@H]2[C@H](OC(=O)Nc3nnc(C)s3)[C@@H](OC(=O)OC(C)(C)C)CN2C(=O)OC(C)(C)C)cc1. The van der Waals surface area contributed by atoms with Gasteiger partial charge in [-0.25, -0.2) is 14.4 Å². The first kappa shape index (κ1) is 29.9. The molecule has 1 N–H and O–H groups in total. The van der Waals surface area contributed by atoms with E-state index in [1.165, 1.54) is 16.2 Å². The minimum absolute atomic E-state index is 0.0785. The van der Waals surface area contributed by atoms with E-state index in [4.69, 9.17) is 23.7 Å². The minimum Gasteiger partial charge on any atom is -0.497 e. The Morgan fingerprint density at radius 2 is 1.64 bits per heavy atom. The summed E-state index contributed by atoms with van der Waals surface area (Å²) in [7, 11) is 1.57. The van der Waals surface area contributed by atoms with Crippen molar-refractivity contribution in [3.8, 4) is 5.75 Å². The van der Waals surface area contributed by atoms with E-state index in [1.54, 1.807) is 67.7 Å². The highest BCUT2D eigenvalue weighted by molar-refractivity contribution is 7.15. The van der Waals surface area contributed by atoms with Crippen molar-refractivity contribution in [2.24, 2.45) is 0 Å². The number of nitrogens with zero attached hydrogens (tertiary/aromatic N) is 3. The Labute approximate surface area is 231 Å². The number of aryl methyl sites for hydroxylation is 1. The number of hydrogen-bond donors (Lipinski definition) is 1. The Morgan fingerprint density at radius 3 is 2.18 bits per heavy atom. The molecule has 2 heterocycles. The number of likely N-dealkylation sites (tertiary alicyclic amines) is 1. The number of carbonyl (C=O) groups is 3. The molecular weight excluding hydrogens is 528 g/mol. The van der Waals surface area contributed by atoms with Crippen molar-refractivity contribution in [3.05, 3.63) is 34.8 Å². The molecule has 13 heteroatoms. The average molecular weight is 565 g/mol. The van der Waals surface area contributed by atoms with Crippen LogP contribution in [-0.2, 0) is 25.4 Å². The van der Waals surface area contributed by atoms with Gasteiger partial charge in [-0.2, -0.15) is 0 Å². The smallest absolute Gasteiger partial charge is 0.497 e. The second kappa shape index (κ2) is 12.1. The first-order valence-electron chi connectivity index (χ1n) is 12.4. The van der Waals surface area contributed by atoms with Gasteiger partial charge < -0.3 is 23.7 Å². The maximum atomic E-state index is 13.3. The zero-order chi connectivity index (χ0) is 29.0. The molecule has 39 heavy (non-hydrogen) atoms. The highest BCUT2D eigenvalue weighted by Crippen LogP contribution is 2.30. The fourth-order valence-corrected chi connectivity index (χ4v) is 4.44. The molecule has 1 fully saturated rings. The lowest BCUT2D eigenvalue weighted by atomic mass is 10.0. The summed E-state index contributed by atoms with van der Waals surface area (Å²) < 4.78 is 27.6. The van der Waals surface area contributed by atoms with Crippen LogP contribution < -0.4 is 10.1 Å². The van der Waals surface area contributed by atoms with E-state index in [0.717, 1.165) is 5.56 Å². The molecule has 1 aromatic heterocycles. The summed E-state index contributed by atoms with van der Waals surface area (Å²) in [4.78, 5) is 40.2. The van der Waals surface area contributed by atoms with Crippen LogP contribution in [0.3, 0.4) is 0 Å². The number of amides is 2. The molecule has 1 saturated heterocycles. The Balaban J connectivity index is 1.93. The van der Waals surface area contributed by atoms with Crippen molar-refractivity contribution in [1.82, 2.24) is 15.1 Å². The number of carbonyl (C=O) groups excluding carboxylic acids is 3. The summed E-state index contributed by atoms with van der Waals surface area (Å²) in [6.45, 7) is 12.0. The second-order valence-electron chi connectivity index (χ2n) is 11.0. The zero-order valence-electron chi connectivity index (χ0n) is 23.5. The summed E-state index contributed by atoms with van der Waals surface area (Å²) in [6.07, 6.45) is -4.23. The molecule has 2 aromatic rings. The molecule has 1 aliphatic heterocycles. The number of rotatable bonds is 6. The quantitative estimate of drug-likeness (QED) is 0.378. The van der Waals surface area contributed by atoms with Crippen LogP contribution in [0.25, 0.3) is 0 Å². The number of aromatic nitrogens is 2. The van der Waals surface area contributed by atoms with Gasteiger partial charge in [-0.15, -0.1) is 10.2 Å². The summed E-state index contributed by atoms with van der Waals surface area (Å²) in [6, 6.07) is 6.53. The van der Waals surface area contributed by atoms with Crippen LogP contribution in [-0.4, -0.2) is 76.5 Å². The molecular formula is C26H36N4O8S. The van der Waals surface area contributed by atoms with E-state index in [9.17, 15) is 14.4 Å². The van der Waals surface area contributed by atoms with Crippen LogP contribution in [0.15, 0.2) is 24.3 Å². The number of ether oxygens (including phenoxy) is 5. The number of nitrogens with one attached hydrogen (secondary N) is 1. The fraction of sp³-hybridized carbons (Fsp3) is 0.577. The van der Waals surface area contributed by atoms with Gasteiger partial charge in [0.25, 0.3) is 0 Å². The van der Waals surface area contributed by atoms with Gasteiger partial charge in [-0.1, -0.05) is 23.5 Å². The van der Waals surface area contributed by atoms with Crippen molar-refractivity contribution >= 4 is 34.8 Å². The lowest BCUT2D eigenvalue weighted by molar-refractivity contribution is -0.0503. The minimum atomic E-state index is -1.05. The molecule has 12 nitrogen and oxygen atoms in total. The van der Waals surface area contributed by atoms with Crippen molar-refractivity contribution in [3.63, 3.8) is 0 Å². The third kappa shape index (κ3) is 8.98. The molecule has 0 saturated carbocycles. The average Bonchev–Trinajstić information content (AvgIpc) is 3.35. The third-order valence-corrected chi connectivity index (χ3v) is 6.12. The summed E-state index contributed by atoms with van der Waals surface area (Å²) in [5.41, 5.74) is -0.761. The number of hydrogen-bond acceptors (Lipinski definition) is 11. The molecule has 214 valence electrons. The van der Waals surface area contributed by atoms with Crippen LogP contribution in [0.1, 0.15) is 52.1 Å². The predicted octanol–water partition coefficient (Wildman–Crippen LogP) is 4.95. The van der Waals surface area contributed by atoms with Gasteiger partial charge in [0, 0.05) is 0 Å². The zero-order valence-corrected chi connectivity index (χ0v) is 24.3. The summed E-state index contributed by atoms with van der Waals surface area (Å²) in [5, 5.41) is 11.2. The Morgan fingerprint density at radius 1 is 1.00 bits per heavy atom. The number of anilines is 1. The van der Waals surface area contributed by atoms with Gasteiger partial charge >= 0.3 is 18.3 Å². The molecule has 0 spiro atoms. The topological polar surface area (TPSA) is 138 Å². The molecule has 1 aliphatic rings. The summed E-state index contributed by atoms with van der Waals surface area (Å²) in [5.74, 6) is 0.667. The summed E-state index contributed by atoms with van der Waals surface area (Å²) >= 11 is 1.17. The highest BCUT2D eigenvalue weighted by Gasteiger charge is 2.50. The number of methoxy groups -OCH3 is 1. The van der Waals surface area contributed by atoms with Crippen molar-refractivity contribution in [2.75, 3.05) is 19.0 Å². The first-order chi connectivity index (χ1) is 18.1. The second-order valence-corrected chi connectivity index (χ2v) is 12.2. The van der Waals surface area contributed by atoms with Crippen molar-refractivity contribution < 1.29 is 38.1 Å². The molecule has 2 amide bonds.